The number of benzene rings is 1. The molecule has 3 rings (SSSR count). The summed E-state index contributed by atoms with van der Waals surface area (Å²) < 4.78 is 6.48. The van der Waals surface area contributed by atoms with Crippen LogP contribution in [0.3, 0.4) is 0 Å². The molecule has 1 aromatic carbocycles. The molecule has 0 saturated heterocycles. The molecule has 8 nitrogen and oxygen atoms in total. The first-order chi connectivity index (χ1) is 13.8. The monoisotopic (exact) mass is 414 g/mol. The molecule has 0 atom stereocenters. The smallest absolute Gasteiger partial charge is 0.411 e. The van der Waals surface area contributed by atoms with Gasteiger partial charge in [-0.1, -0.05) is 19.9 Å². The van der Waals surface area contributed by atoms with Crippen LogP contribution in [0.4, 0.5) is 16.2 Å². The normalized spacial score (nSPS) is 10.9. The van der Waals surface area contributed by atoms with Gasteiger partial charge in [-0.3, -0.25) is 14.9 Å². The van der Waals surface area contributed by atoms with Crippen LogP contribution in [-0.4, -0.2) is 28.2 Å². The lowest BCUT2D eigenvalue weighted by atomic mass is 10.2. The summed E-state index contributed by atoms with van der Waals surface area (Å²) in [4.78, 5) is 42.1. The van der Waals surface area contributed by atoms with Gasteiger partial charge in [-0.2, -0.15) is 0 Å². The van der Waals surface area contributed by atoms with Gasteiger partial charge < -0.3 is 14.6 Å². The summed E-state index contributed by atoms with van der Waals surface area (Å²) in [6.45, 7) is 5.95. The summed E-state index contributed by atoms with van der Waals surface area (Å²) in [5.41, 5.74) is 1.42. The van der Waals surface area contributed by atoms with Gasteiger partial charge in [0, 0.05) is 18.4 Å². The Hall–Kier alpha value is -3.20. The Morgan fingerprint density at radius 3 is 2.62 bits per heavy atom. The number of carbonyl (C=O) groups is 2. The fourth-order valence-electron chi connectivity index (χ4n) is 2.68. The predicted octanol–water partition coefficient (Wildman–Crippen LogP) is 3.76. The van der Waals surface area contributed by atoms with Gasteiger partial charge >= 0.3 is 6.09 Å². The van der Waals surface area contributed by atoms with E-state index in [9.17, 15) is 14.4 Å². The Balaban J connectivity index is 1.77. The highest BCUT2D eigenvalue weighted by atomic mass is 32.1. The van der Waals surface area contributed by atoms with Crippen LogP contribution in [-0.2, 0) is 11.8 Å². The lowest BCUT2D eigenvalue weighted by Crippen LogP contribution is -2.17. The molecule has 0 unspecified atom stereocenters. The van der Waals surface area contributed by atoms with Crippen molar-refractivity contribution in [2.45, 2.75) is 20.8 Å². The quantitative estimate of drug-likeness (QED) is 0.662. The van der Waals surface area contributed by atoms with Gasteiger partial charge in [-0.15, -0.1) is 11.3 Å². The summed E-state index contributed by atoms with van der Waals surface area (Å²) in [7, 11) is 1.62. The van der Waals surface area contributed by atoms with E-state index in [1.54, 1.807) is 38.2 Å². The van der Waals surface area contributed by atoms with Crippen molar-refractivity contribution in [3.63, 3.8) is 0 Å². The largest absolute Gasteiger partial charge is 0.449 e. The van der Waals surface area contributed by atoms with E-state index in [2.05, 4.69) is 15.6 Å². The minimum atomic E-state index is -0.551. The number of nitrogens with zero attached hydrogens (tertiary/aromatic N) is 2. The molecule has 0 spiro atoms. The van der Waals surface area contributed by atoms with Crippen molar-refractivity contribution in [3.8, 4) is 0 Å². The van der Waals surface area contributed by atoms with Crippen molar-refractivity contribution in [1.29, 1.82) is 0 Å². The molecule has 9 heteroatoms. The number of anilines is 2. The summed E-state index contributed by atoms with van der Waals surface area (Å²) in [5.74, 6) is -0.102. The van der Waals surface area contributed by atoms with Gasteiger partial charge in [-0.25, -0.2) is 9.78 Å². The first-order valence-corrected chi connectivity index (χ1v) is 9.88. The van der Waals surface area contributed by atoms with Crippen molar-refractivity contribution >= 4 is 44.9 Å². The van der Waals surface area contributed by atoms with Crippen molar-refractivity contribution in [2.24, 2.45) is 13.0 Å². The Kier molecular flexibility index (Phi) is 5.97. The lowest BCUT2D eigenvalue weighted by Gasteiger charge is -2.10. The first-order valence-electron chi connectivity index (χ1n) is 9.06. The van der Waals surface area contributed by atoms with Crippen molar-refractivity contribution in [3.05, 3.63) is 51.4 Å². The number of ether oxygens (including phenoxy) is 1. The molecule has 3 aromatic rings. The van der Waals surface area contributed by atoms with Gasteiger partial charge in [0.1, 0.15) is 4.83 Å². The molecule has 2 N–H and O–H groups in total. The van der Waals surface area contributed by atoms with E-state index in [0.29, 0.717) is 38.6 Å². The molecule has 0 aliphatic heterocycles. The second-order valence-electron chi connectivity index (χ2n) is 7.05. The molecule has 2 aromatic heterocycles. The third kappa shape index (κ3) is 4.62. The van der Waals surface area contributed by atoms with Crippen LogP contribution in [0.15, 0.2) is 35.4 Å². The van der Waals surface area contributed by atoms with Gasteiger partial charge in [0.25, 0.3) is 11.5 Å². The average Bonchev–Trinajstić information content (AvgIpc) is 3.01. The minimum absolute atomic E-state index is 0.186. The number of aromatic nitrogens is 2. The van der Waals surface area contributed by atoms with Gasteiger partial charge in [0.05, 0.1) is 23.2 Å². The molecular formula is C20H22N4O4S. The zero-order chi connectivity index (χ0) is 21.1. The Morgan fingerprint density at radius 2 is 1.93 bits per heavy atom. The molecule has 2 heterocycles. The molecule has 0 bridgehead atoms. The summed E-state index contributed by atoms with van der Waals surface area (Å²) >= 11 is 1.17. The summed E-state index contributed by atoms with van der Waals surface area (Å²) in [6, 6.07) is 6.75. The highest BCUT2D eigenvalue weighted by molar-refractivity contribution is 7.20. The van der Waals surface area contributed by atoms with E-state index in [1.165, 1.54) is 22.2 Å². The Labute approximate surface area is 171 Å². The first kappa shape index (κ1) is 20.5. The zero-order valence-corrected chi connectivity index (χ0v) is 17.4. The van der Waals surface area contributed by atoms with Crippen molar-refractivity contribution in [2.75, 3.05) is 17.2 Å². The van der Waals surface area contributed by atoms with Crippen LogP contribution in [0.2, 0.25) is 0 Å². The van der Waals surface area contributed by atoms with Crippen LogP contribution >= 0.6 is 11.3 Å². The number of hydrogen-bond donors (Lipinski definition) is 2. The molecule has 0 fully saturated rings. The SMILES string of the molecule is Cc1c(C(=O)Nc2cccc(NC(=O)OCC(C)C)c2)sc2ncn(C)c(=O)c12. The van der Waals surface area contributed by atoms with Crippen molar-refractivity contribution < 1.29 is 14.3 Å². The van der Waals surface area contributed by atoms with E-state index < -0.39 is 6.09 Å². The van der Waals surface area contributed by atoms with E-state index in [0.717, 1.165) is 0 Å². The predicted molar refractivity (Wildman–Crippen MR) is 114 cm³/mol. The van der Waals surface area contributed by atoms with Gasteiger partial charge in [0.15, 0.2) is 0 Å². The fourth-order valence-corrected chi connectivity index (χ4v) is 3.72. The maximum atomic E-state index is 12.8. The van der Waals surface area contributed by atoms with Crippen LogP contribution in [0, 0.1) is 12.8 Å². The number of aryl methyl sites for hydroxylation is 2. The van der Waals surface area contributed by atoms with Crippen molar-refractivity contribution in [1.82, 2.24) is 9.55 Å². The number of nitrogens with one attached hydrogen (secondary N) is 2. The summed E-state index contributed by atoms with van der Waals surface area (Å²) in [6.07, 6.45) is 0.889. The number of hydrogen-bond acceptors (Lipinski definition) is 6. The third-order valence-corrected chi connectivity index (χ3v) is 5.33. The highest BCUT2D eigenvalue weighted by Gasteiger charge is 2.19. The Morgan fingerprint density at radius 1 is 1.24 bits per heavy atom. The minimum Gasteiger partial charge on any atom is -0.449 e. The number of carbonyl (C=O) groups excluding carboxylic acids is 2. The van der Waals surface area contributed by atoms with Crippen LogP contribution < -0.4 is 16.2 Å². The second kappa shape index (κ2) is 8.44. The molecule has 2 amide bonds. The fraction of sp³-hybridized carbons (Fsp3) is 0.300. The summed E-state index contributed by atoms with van der Waals surface area (Å²) in [5, 5.41) is 5.89. The maximum absolute atomic E-state index is 12.8. The molecular weight excluding hydrogens is 392 g/mol. The zero-order valence-electron chi connectivity index (χ0n) is 16.6. The topological polar surface area (TPSA) is 102 Å². The van der Waals surface area contributed by atoms with Crippen LogP contribution in [0.5, 0.6) is 0 Å². The number of thiophene rings is 1. The van der Waals surface area contributed by atoms with E-state index in [4.69, 9.17) is 4.74 Å². The molecule has 0 aliphatic rings. The maximum Gasteiger partial charge on any atom is 0.411 e. The molecule has 29 heavy (non-hydrogen) atoms. The Bertz CT molecular complexity index is 1130. The van der Waals surface area contributed by atoms with E-state index >= 15 is 0 Å². The molecule has 0 radical (unpaired) electrons. The van der Waals surface area contributed by atoms with Crippen LogP contribution in [0.25, 0.3) is 10.2 Å². The lowest BCUT2D eigenvalue weighted by molar-refractivity contribution is 0.103. The van der Waals surface area contributed by atoms with E-state index in [-0.39, 0.29) is 17.4 Å². The number of fused-ring (bicyclic) bond motifs is 1. The average molecular weight is 414 g/mol. The molecule has 152 valence electrons. The number of amides is 2. The van der Waals surface area contributed by atoms with Gasteiger partial charge in [-0.05, 0) is 36.6 Å². The van der Waals surface area contributed by atoms with Gasteiger partial charge in [0.2, 0.25) is 0 Å². The molecule has 0 saturated carbocycles. The van der Waals surface area contributed by atoms with E-state index in [1.807, 2.05) is 13.8 Å². The molecule has 0 aliphatic carbocycles. The highest BCUT2D eigenvalue weighted by Crippen LogP contribution is 2.27. The third-order valence-electron chi connectivity index (χ3n) is 4.13. The van der Waals surface area contributed by atoms with Crippen LogP contribution in [0.1, 0.15) is 29.1 Å². The second-order valence-corrected chi connectivity index (χ2v) is 8.05. The standard InChI is InChI=1S/C20H22N4O4S/c1-11(2)9-28-20(27)23-14-7-5-6-13(8-14)22-17(25)16-12(3)15-18(29-16)21-10-24(4)19(15)26/h5-8,10-11H,9H2,1-4H3,(H,22,25)(H,23,27). The number of rotatable bonds is 5.